The predicted molar refractivity (Wildman–Crippen MR) is 149 cm³/mol. The van der Waals surface area contributed by atoms with E-state index in [4.69, 9.17) is 21.3 Å². The van der Waals surface area contributed by atoms with E-state index in [0.717, 1.165) is 38.7 Å². The van der Waals surface area contributed by atoms with Gasteiger partial charge in [-0.1, -0.05) is 60.1 Å². The summed E-state index contributed by atoms with van der Waals surface area (Å²) in [5.74, 6) is -0.0400. The Balaban J connectivity index is 1.55. The number of thiophene rings is 1. The molecule has 0 unspecified atom stereocenters. The zero-order valence-electron chi connectivity index (χ0n) is 21.3. The second-order valence-electron chi connectivity index (χ2n) is 10.3. The number of amides is 2. The lowest BCUT2D eigenvalue weighted by Gasteiger charge is -2.30. The summed E-state index contributed by atoms with van der Waals surface area (Å²) in [6.07, 6.45) is 1.07. The van der Waals surface area contributed by atoms with Crippen LogP contribution >= 0.6 is 22.9 Å². The number of anilines is 1. The fourth-order valence-corrected chi connectivity index (χ4v) is 6.35. The zero-order chi connectivity index (χ0) is 26.2. The molecule has 2 aromatic carbocycles. The third-order valence-corrected chi connectivity index (χ3v) is 8.01. The van der Waals surface area contributed by atoms with Crippen molar-refractivity contribution in [3.63, 3.8) is 0 Å². The number of carbonyl (C=O) groups excluding carboxylic acids is 2. The molecule has 0 N–H and O–H groups in total. The van der Waals surface area contributed by atoms with Crippen molar-refractivity contribution in [1.29, 1.82) is 0 Å². The number of hydrogen-bond acceptors (Lipinski definition) is 5. The van der Waals surface area contributed by atoms with Crippen LogP contribution in [-0.4, -0.2) is 47.8 Å². The molecule has 0 atom stereocenters. The highest BCUT2D eigenvalue weighted by molar-refractivity contribution is 7.17. The first kappa shape index (κ1) is 25.5. The molecule has 0 fully saturated rings. The minimum atomic E-state index is -0.561. The molecule has 5 rings (SSSR count). The van der Waals surface area contributed by atoms with Gasteiger partial charge in [-0.15, -0.1) is 11.3 Å². The molecule has 37 heavy (non-hydrogen) atoms. The number of halogens is 1. The zero-order valence-corrected chi connectivity index (χ0v) is 22.9. The van der Waals surface area contributed by atoms with E-state index in [1.807, 2.05) is 68.1 Å². The fraction of sp³-hybridized carbons (Fsp3) is 0.345. The molecule has 0 saturated heterocycles. The highest BCUT2D eigenvalue weighted by Gasteiger charge is 2.35. The highest BCUT2D eigenvalue weighted by atomic mass is 35.5. The summed E-state index contributed by atoms with van der Waals surface area (Å²) in [7, 11) is 0. The molecular weight excluding hydrogens is 506 g/mol. The van der Waals surface area contributed by atoms with Gasteiger partial charge in [0.25, 0.3) is 0 Å². The molecule has 2 amide bonds. The quantitative estimate of drug-likeness (QED) is 0.404. The number of nitrogens with zero attached hydrogens (tertiary/aromatic N) is 3. The molecule has 0 saturated carbocycles. The van der Waals surface area contributed by atoms with Crippen molar-refractivity contribution in [2.45, 2.75) is 45.8 Å². The Hall–Kier alpha value is -3.16. The van der Waals surface area contributed by atoms with Gasteiger partial charge < -0.3 is 14.5 Å². The van der Waals surface area contributed by atoms with Gasteiger partial charge in [0, 0.05) is 34.1 Å². The fourth-order valence-electron chi connectivity index (χ4n) is 4.71. The van der Waals surface area contributed by atoms with Crippen molar-refractivity contribution >= 4 is 45.7 Å². The van der Waals surface area contributed by atoms with Gasteiger partial charge >= 0.3 is 6.09 Å². The monoisotopic (exact) mass is 535 g/mol. The van der Waals surface area contributed by atoms with Crippen LogP contribution in [0.1, 0.15) is 47.9 Å². The summed E-state index contributed by atoms with van der Waals surface area (Å²) in [6.45, 7) is 7.21. The molecule has 3 heterocycles. The standard InChI is InChI=1S/C29H30ClN3O3S/c1-29(2,3)36-28(35)32-15-14-21-23(18-32)37-27-25(21)26(20-11-7-8-12-22(20)30)31-17-24(34)33(27)16-13-19-9-5-4-6-10-19/h4-12H,13-18H2,1-3H3. The van der Waals surface area contributed by atoms with Gasteiger partial charge in [0.15, 0.2) is 0 Å². The lowest BCUT2D eigenvalue weighted by atomic mass is 9.95. The van der Waals surface area contributed by atoms with E-state index in [-0.39, 0.29) is 18.5 Å². The smallest absolute Gasteiger partial charge is 0.410 e. The lowest BCUT2D eigenvalue weighted by Crippen LogP contribution is -2.39. The van der Waals surface area contributed by atoms with E-state index in [1.54, 1.807) is 16.2 Å². The predicted octanol–water partition coefficient (Wildman–Crippen LogP) is 6.12. The number of hydrogen-bond donors (Lipinski definition) is 0. The van der Waals surface area contributed by atoms with E-state index < -0.39 is 5.60 Å². The average molecular weight is 536 g/mol. The number of fused-ring (bicyclic) bond motifs is 3. The highest BCUT2D eigenvalue weighted by Crippen LogP contribution is 2.43. The molecule has 6 nitrogen and oxygen atoms in total. The van der Waals surface area contributed by atoms with Crippen LogP contribution in [0.25, 0.3) is 0 Å². The summed E-state index contributed by atoms with van der Waals surface area (Å²) in [6, 6.07) is 17.8. The Bertz CT molecular complexity index is 1360. The second kappa shape index (κ2) is 10.3. The number of benzene rings is 2. The summed E-state index contributed by atoms with van der Waals surface area (Å²) >= 11 is 8.20. The van der Waals surface area contributed by atoms with E-state index >= 15 is 0 Å². The van der Waals surface area contributed by atoms with Crippen molar-refractivity contribution in [3.8, 4) is 0 Å². The maximum absolute atomic E-state index is 13.4. The van der Waals surface area contributed by atoms with Gasteiger partial charge in [-0.2, -0.15) is 0 Å². The molecule has 0 radical (unpaired) electrons. The van der Waals surface area contributed by atoms with E-state index in [9.17, 15) is 9.59 Å². The summed E-state index contributed by atoms with van der Waals surface area (Å²) in [5, 5.41) is 1.48. The molecule has 1 aromatic heterocycles. The minimum absolute atomic E-state index is 0.0400. The first-order chi connectivity index (χ1) is 17.7. The normalized spacial score (nSPS) is 15.6. The molecule has 3 aromatic rings. The molecule has 192 valence electrons. The molecule has 2 aliphatic rings. The van der Waals surface area contributed by atoms with Crippen LogP contribution < -0.4 is 4.90 Å². The molecular formula is C29H30ClN3O3S. The molecule has 8 heteroatoms. The van der Waals surface area contributed by atoms with Crippen LogP contribution in [0.15, 0.2) is 59.6 Å². The van der Waals surface area contributed by atoms with Crippen LogP contribution in [0.4, 0.5) is 9.80 Å². The Morgan fingerprint density at radius 2 is 1.84 bits per heavy atom. The van der Waals surface area contributed by atoms with Crippen molar-refractivity contribution in [1.82, 2.24) is 4.90 Å². The molecule has 0 bridgehead atoms. The summed E-state index contributed by atoms with van der Waals surface area (Å²) in [4.78, 5) is 35.7. The van der Waals surface area contributed by atoms with E-state index in [1.165, 1.54) is 5.56 Å². The van der Waals surface area contributed by atoms with Gasteiger partial charge in [-0.3, -0.25) is 9.79 Å². The van der Waals surface area contributed by atoms with E-state index in [2.05, 4.69) is 12.1 Å². The summed E-state index contributed by atoms with van der Waals surface area (Å²) in [5.41, 5.74) is 4.28. The first-order valence-corrected chi connectivity index (χ1v) is 13.7. The van der Waals surface area contributed by atoms with Gasteiger partial charge in [-0.25, -0.2) is 4.79 Å². The van der Waals surface area contributed by atoms with Crippen LogP contribution in [-0.2, 0) is 28.9 Å². The molecule has 0 aliphatic carbocycles. The summed E-state index contributed by atoms with van der Waals surface area (Å²) < 4.78 is 5.63. The SMILES string of the molecule is CC(C)(C)OC(=O)N1CCc2c(sc3c2C(c2ccccc2Cl)=NCC(=O)N3CCc2ccccc2)C1. The van der Waals surface area contributed by atoms with Crippen molar-refractivity contribution < 1.29 is 14.3 Å². The third kappa shape index (κ3) is 5.43. The number of ether oxygens (including phenoxy) is 1. The molecule has 2 aliphatic heterocycles. The van der Waals surface area contributed by atoms with Crippen molar-refractivity contribution in [3.05, 3.63) is 86.8 Å². The van der Waals surface area contributed by atoms with Crippen LogP contribution in [0.3, 0.4) is 0 Å². The van der Waals surface area contributed by atoms with Crippen molar-refractivity contribution in [2.75, 3.05) is 24.5 Å². The van der Waals surface area contributed by atoms with Gasteiger partial charge in [0.05, 0.1) is 12.3 Å². The van der Waals surface area contributed by atoms with Crippen LogP contribution in [0.5, 0.6) is 0 Å². The third-order valence-electron chi connectivity index (χ3n) is 6.44. The number of aliphatic imine (C=N–C) groups is 1. The average Bonchev–Trinajstić information content (AvgIpc) is 3.17. The topological polar surface area (TPSA) is 62.2 Å². The Kier molecular flexibility index (Phi) is 7.10. The van der Waals surface area contributed by atoms with Gasteiger partial charge in [-0.05, 0) is 50.8 Å². The number of carbonyl (C=O) groups is 2. The Morgan fingerprint density at radius 1 is 1.11 bits per heavy atom. The van der Waals surface area contributed by atoms with Crippen molar-refractivity contribution in [2.24, 2.45) is 4.99 Å². The van der Waals surface area contributed by atoms with Gasteiger partial charge in [0.2, 0.25) is 5.91 Å². The van der Waals surface area contributed by atoms with Gasteiger partial charge in [0.1, 0.15) is 17.1 Å². The minimum Gasteiger partial charge on any atom is -0.444 e. The maximum atomic E-state index is 13.4. The largest absolute Gasteiger partial charge is 0.444 e. The lowest BCUT2D eigenvalue weighted by molar-refractivity contribution is -0.117. The first-order valence-electron chi connectivity index (χ1n) is 12.5. The Labute approximate surface area is 226 Å². The van der Waals surface area contributed by atoms with Crippen LogP contribution in [0.2, 0.25) is 5.02 Å². The maximum Gasteiger partial charge on any atom is 0.410 e. The second-order valence-corrected chi connectivity index (χ2v) is 11.8. The van der Waals surface area contributed by atoms with Crippen LogP contribution in [0, 0.1) is 0 Å². The number of rotatable bonds is 4. The van der Waals surface area contributed by atoms with E-state index in [0.29, 0.717) is 31.1 Å². The Morgan fingerprint density at radius 3 is 2.57 bits per heavy atom. The molecule has 0 spiro atoms.